The van der Waals surface area contributed by atoms with Gasteiger partial charge in [-0.25, -0.2) is 12.8 Å². The van der Waals surface area contributed by atoms with Gasteiger partial charge in [0, 0.05) is 17.2 Å². The molecule has 0 aliphatic heterocycles. The summed E-state index contributed by atoms with van der Waals surface area (Å²) >= 11 is 0. The van der Waals surface area contributed by atoms with Gasteiger partial charge >= 0.3 is 0 Å². The smallest absolute Gasteiger partial charge is 0.184 e. The maximum Gasteiger partial charge on any atom is 0.184 e. The van der Waals surface area contributed by atoms with E-state index in [1.807, 2.05) is 0 Å². The average molecular weight is 294 g/mol. The van der Waals surface area contributed by atoms with Gasteiger partial charge in [-0.2, -0.15) is 0 Å². The molecule has 0 saturated carbocycles. The van der Waals surface area contributed by atoms with Crippen molar-refractivity contribution in [3.8, 4) is 0 Å². The van der Waals surface area contributed by atoms with Crippen LogP contribution in [0.4, 0.5) is 4.39 Å². The lowest BCUT2D eigenvalue weighted by atomic mass is 9.95. The van der Waals surface area contributed by atoms with E-state index in [1.54, 1.807) is 24.3 Å². The van der Waals surface area contributed by atoms with Crippen molar-refractivity contribution in [2.75, 3.05) is 6.26 Å². The van der Waals surface area contributed by atoms with Crippen molar-refractivity contribution >= 4 is 26.4 Å². The van der Waals surface area contributed by atoms with Gasteiger partial charge < -0.3 is 0 Å². The highest BCUT2D eigenvalue weighted by Gasteiger charge is 2.39. The monoisotopic (exact) mass is 294 g/mol. The first kappa shape index (κ1) is 14.7. The standard InChI is InChI=1S/C15H15FO3S/c1-15(2,20(3,18)19)14(17)12-8-9-13(16)11-7-5-4-6-10(11)12/h4-9H,1-3H3. The number of sulfone groups is 1. The number of hydrogen-bond acceptors (Lipinski definition) is 3. The zero-order valence-corrected chi connectivity index (χ0v) is 12.3. The third-order valence-electron chi connectivity index (χ3n) is 3.59. The Kier molecular flexibility index (Phi) is 3.42. The largest absolute Gasteiger partial charge is 0.292 e. The third kappa shape index (κ3) is 2.22. The third-order valence-corrected chi connectivity index (χ3v) is 5.63. The van der Waals surface area contributed by atoms with Crippen LogP contribution in [0.1, 0.15) is 24.2 Å². The van der Waals surface area contributed by atoms with Crippen molar-refractivity contribution in [3.05, 3.63) is 47.8 Å². The molecule has 3 nitrogen and oxygen atoms in total. The molecule has 0 amide bonds. The molecule has 0 fully saturated rings. The molecule has 0 aliphatic rings. The lowest BCUT2D eigenvalue weighted by Gasteiger charge is -2.21. The first-order valence-electron chi connectivity index (χ1n) is 6.08. The lowest BCUT2D eigenvalue weighted by molar-refractivity contribution is 0.0955. The molecule has 0 heterocycles. The summed E-state index contributed by atoms with van der Waals surface area (Å²) in [5, 5.41) is 0.733. The zero-order chi connectivity index (χ0) is 15.1. The number of carbonyl (C=O) groups excluding carboxylic acids is 1. The van der Waals surface area contributed by atoms with Crippen molar-refractivity contribution in [2.45, 2.75) is 18.6 Å². The summed E-state index contributed by atoms with van der Waals surface area (Å²) in [4.78, 5) is 12.5. The Morgan fingerprint density at radius 2 is 1.60 bits per heavy atom. The predicted octanol–water partition coefficient (Wildman–Crippen LogP) is 2.98. The summed E-state index contributed by atoms with van der Waals surface area (Å²) in [5.41, 5.74) is 0.220. The highest BCUT2D eigenvalue weighted by molar-refractivity contribution is 7.92. The molecule has 2 rings (SSSR count). The number of benzene rings is 2. The molecule has 5 heteroatoms. The molecule has 2 aromatic rings. The fourth-order valence-electron chi connectivity index (χ4n) is 1.95. The van der Waals surface area contributed by atoms with Crippen LogP contribution in [0.25, 0.3) is 10.8 Å². The van der Waals surface area contributed by atoms with Crippen molar-refractivity contribution in [1.29, 1.82) is 0 Å². The fourth-order valence-corrected chi connectivity index (χ4v) is 2.40. The minimum absolute atomic E-state index is 0.220. The Bertz CT molecular complexity index is 792. The Labute approximate surface area is 117 Å². The summed E-state index contributed by atoms with van der Waals surface area (Å²) in [6, 6.07) is 9.06. The van der Waals surface area contributed by atoms with Gasteiger partial charge in [-0.3, -0.25) is 4.79 Å². The van der Waals surface area contributed by atoms with Crippen molar-refractivity contribution < 1.29 is 17.6 Å². The minimum atomic E-state index is -3.57. The van der Waals surface area contributed by atoms with E-state index in [1.165, 1.54) is 26.0 Å². The predicted molar refractivity (Wildman–Crippen MR) is 77.2 cm³/mol. The molecule has 0 unspecified atom stereocenters. The molecule has 0 radical (unpaired) electrons. The van der Waals surface area contributed by atoms with E-state index in [0.29, 0.717) is 10.8 Å². The van der Waals surface area contributed by atoms with Crippen molar-refractivity contribution in [2.24, 2.45) is 0 Å². The molecule has 2 aromatic carbocycles. The topological polar surface area (TPSA) is 51.2 Å². The van der Waals surface area contributed by atoms with Gasteiger partial charge in [-0.1, -0.05) is 24.3 Å². The second kappa shape index (κ2) is 4.66. The molecule has 106 valence electrons. The Morgan fingerprint density at radius 1 is 1.05 bits per heavy atom. The second-order valence-electron chi connectivity index (χ2n) is 5.25. The van der Waals surface area contributed by atoms with E-state index in [9.17, 15) is 17.6 Å². The molecule has 0 aromatic heterocycles. The lowest BCUT2D eigenvalue weighted by Crippen LogP contribution is -2.40. The molecule has 0 bridgehead atoms. The SMILES string of the molecule is CC(C)(C(=O)c1ccc(F)c2ccccc12)S(C)(=O)=O. The van der Waals surface area contributed by atoms with E-state index in [2.05, 4.69) is 0 Å². The fraction of sp³-hybridized carbons (Fsp3) is 0.267. The number of halogens is 1. The highest BCUT2D eigenvalue weighted by atomic mass is 32.2. The van der Waals surface area contributed by atoms with E-state index >= 15 is 0 Å². The van der Waals surface area contributed by atoms with Crippen LogP contribution in [-0.4, -0.2) is 25.2 Å². The molecule has 0 aliphatic carbocycles. The molecule has 0 atom stereocenters. The molecule has 20 heavy (non-hydrogen) atoms. The number of carbonyl (C=O) groups is 1. The van der Waals surface area contributed by atoms with E-state index < -0.39 is 26.2 Å². The Balaban J connectivity index is 2.72. The summed E-state index contributed by atoms with van der Waals surface area (Å²) in [6.07, 6.45) is 1.02. The van der Waals surface area contributed by atoms with Crippen LogP contribution >= 0.6 is 0 Å². The maximum absolute atomic E-state index is 13.7. The van der Waals surface area contributed by atoms with E-state index in [0.717, 1.165) is 6.26 Å². The summed E-state index contributed by atoms with van der Waals surface area (Å²) in [6.45, 7) is 2.73. The summed E-state index contributed by atoms with van der Waals surface area (Å²) in [5.74, 6) is -0.967. The van der Waals surface area contributed by atoms with Crippen LogP contribution in [0.5, 0.6) is 0 Å². The van der Waals surface area contributed by atoms with Crippen LogP contribution in [0.3, 0.4) is 0 Å². The summed E-state index contributed by atoms with van der Waals surface area (Å²) in [7, 11) is -3.57. The number of ketones is 1. The molecule has 0 spiro atoms. The highest BCUT2D eigenvalue weighted by Crippen LogP contribution is 2.28. The van der Waals surface area contributed by atoms with Gasteiger partial charge in [0.1, 0.15) is 10.6 Å². The van der Waals surface area contributed by atoms with Gasteiger partial charge in [-0.05, 0) is 31.4 Å². The second-order valence-corrected chi connectivity index (χ2v) is 7.82. The molecule has 0 saturated heterocycles. The number of Topliss-reactive ketones (excluding diaryl/α,β-unsaturated/α-hetero) is 1. The van der Waals surface area contributed by atoms with Gasteiger partial charge in [0.2, 0.25) is 0 Å². The average Bonchev–Trinajstić information content (AvgIpc) is 2.37. The van der Waals surface area contributed by atoms with Crippen LogP contribution in [0, 0.1) is 5.82 Å². The number of hydrogen-bond donors (Lipinski definition) is 0. The Morgan fingerprint density at radius 3 is 2.15 bits per heavy atom. The molecular weight excluding hydrogens is 279 g/mol. The van der Waals surface area contributed by atoms with E-state index in [-0.39, 0.29) is 5.56 Å². The van der Waals surface area contributed by atoms with Crippen LogP contribution in [-0.2, 0) is 9.84 Å². The van der Waals surface area contributed by atoms with Crippen LogP contribution < -0.4 is 0 Å². The number of fused-ring (bicyclic) bond motifs is 1. The van der Waals surface area contributed by atoms with Gasteiger partial charge in [0.25, 0.3) is 0 Å². The van der Waals surface area contributed by atoms with Gasteiger partial charge in [0.15, 0.2) is 15.6 Å². The first-order chi connectivity index (χ1) is 9.16. The van der Waals surface area contributed by atoms with Crippen molar-refractivity contribution in [1.82, 2.24) is 0 Å². The maximum atomic E-state index is 13.7. The molecular formula is C15H15FO3S. The van der Waals surface area contributed by atoms with Crippen LogP contribution in [0.2, 0.25) is 0 Å². The minimum Gasteiger partial charge on any atom is -0.292 e. The number of rotatable bonds is 3. The normalized spacial score (nSPS) is 12.6. The van der Waals surface area contributed by atoms with Gasteiger partial charge in [-0.15, -0.1) is 0 Å². The van der Waals surface area contributed by atoms with Gasteiger partial charge in [0.05, 0.1) is 0 Å². The van der Waals surface area contributed by atoms with Crippen LogP contribution in [0.15, 0.2) is 36.4 Å². The quantitative estimate of drug-likeness (QED) is 0.818. The van der Waals surface area contributed by atoms with Crippen molar-refractivity contribution in [3.63, 3.8) is 0 Å². The molecule has 0 N–H and O–H groups in total. The summed E-state index contributed by atoms with van der Waals surface area (Å²) < 4.78 is 35.7. The first-order valence-corrected chi connectivity index (χ1v) is 7.97. The Hall–Kier alpha value is -1.75. The zero-order valence-electron chi connectivity index (χ0n) is 11.5. The van der Waals surface area contributed by atoms with E-state index in [4.69, 9.17) is 0 Å².